The van der Waals surface area contributed by atoms with Gasteiger partial charge in [-0.2, -0.15) is 0 Å². The van der Waals surface area contributed by atoms with Gasteiger partial charge in [-0.1, -0.05) is 24.3 Å². The highest BCUT2D eigenvalue weighted by Crippen LogP contribution is 2.34. The van der Waals surface area contributed by atoms with E-state index in [1.807, 2.05) is 31.2 Å². The number of hydrogen-bond acceptors (Lipinski definition) is 5. The lowest BCUT2D eigenvalue weighted by molar-refractivity contribution is -0.148. The summed E-state index contributed by atoms with van der Waals surface area (Å²) in [6, 6.07) is 7.27. The Balaban J connectivity index is 1.43. The van der Waals surface area contributed by atoms with Crippen molar-refractivity contribution in [1.29, 1.82) is 0 Å². The summed E-state index contributed by atoms with van der Waals surface area (Å²) >= 11 is 0. The number of carbonyl (C=O) groups is 4. The normalized spacial score (nSPS) is 21.1. The van der Waals surface area contributed by atoms with Gasteiger partial charge < -0.3 is 10.1 Å². The second kappa shape index (κ2) is 8.16. The highest BCUT2D eigenvalue weighted by Gasteiger charge is 2.46. The number of esters is 1. The summed E-state index contributed by atoms with van der Waals surface area (Å²) in [5, 5.41) is 2.64. The van der Waals surface area contributed by atoms with Crippen LogP contribution < -0.4 is 5.32 Å². The highest BCUT2D eigenvalue weighted by molar-refractivity contribution is 6.05. The van der Waals surface area contributed by atoms with Gasteiger partial charge in [-0.05, 0) is 37.5 Å². The fourth-order valence-electron chi connectivity index (χ4n) is 3.43. The standard InChI is InChI=1S/C20H22N2O5/c1-13-5-4-6-14(11-13)21-17(23)12-27-18(24)9-10-22-19(25)15-7-2-3-8-16(15)20(22)26/h2-6,11,15-16H,7-10,12H2,1H3,(H,21,23)/t15-,16+. The largest absolute Gasteiger partial charge is 0.456 e. The maximum atomic E-state index is 12.3. The molecule has 1 fully saturated rings. The molecule has 3 rings (SSSR count). The number of allylic oxidation sites excluding steroid dienone is 2. The molecular weight excluding hydrogens is 348 g/mol. The Labute approximate surface area is 157 Å². The number of fused-ring (bicyclic) bond motifs is 1. The van der Waals surface area contributed by atoms with Gasteiger partial charge in [0.1, 0.15) is 0 Å². The minimum absolute atomic E-state index is 0.0109. The summed E-state index contributed by atoms with van der Waals surface area (Å²) in [6.07, 6.45) is 4.83. The van der Waals surface area contributed by atoms with Crippen LogP contribution in [0.1, 0.15) is 24.8 Å². The van der Waals surface area contributed by atoms with E-state index < -0.39 is 18.5 Å². The Hall–Kier alpha value is -2.96. The van der Waals surface area contributed by atoms with Crippen LogP contribution in [0.25, 0.3) is 0 Å². The van der Waals surface area contributed by atoms with E-state index in [9.17, 15) is 19.2 Å². The molecule has 1 aromatic rings. The summed E-state index contributed by atoms with van der Waals surface area (Å²) in [5.41, 5.74) is 1.63. The first-order chi connectivity index (χ1) is 13.0. The molecule has 142 valence electrons. The lowest BCUT2D eigenvalue weighted by Gasteiger charge is -2.14. The minimum Gasteiger partial charge on any atom is -0.456 e. The Bertz CT molecular complexity index is 775. The van der Waals surface area contributed by atoms with Crippen molar-refractivity contribution in [3.8, 4) is 0 Å². The Morgan fingerprint density at radius 2 is 1.81 bits per heavy atom. The molecular formula is C20H22N2O5. The molecule has 1 heterocycles. The van der Waals surface area contributed by atoms with Crippen molar-refractivity contribution < 1.29 is 23.9 Å². The van der Waals surface area contributed by atoms with Gasteiger partial charge in [-0.3, -0.25) is 24.1 Å². The van der Waals surface area contributed by atoms with E-state index in [0.29, 0.717) is 18.5 Å². The first kappa shape index (κ1) is 18.8. The number of benzene rings is 1. The zero-order valence-electron chi connectivity index (χ0n) is 15.1. The van der Waals surface area contributed by atoms with E-state index in [0.717, 1.165) is 10.5 Å². The van der Waals surface area contributed by atoms with Gasteiger partial charge in [0.05, 0.1) is 18.3 Å². The van der Waals surface area contributed by atoms with Crippen LogP contribution in [0.4, 0.5) is 5.69 Å². The van der Waals surface area contributed by atoms with E-state index in [2.05, 4.69) is 5.32 Å². The van der Waals surface area contributed by atoms with Crippen molar-refractivity contribution in [1.82, 2.24) is 4.90 Å². The highest BCUT2D eigenvalue weighted by atomic mass is 16.5. The number of anilines is 1. The van der Waals surface area contributed by atoms with Crippen LogP contribution in [-0.2, 0) is 23.9 Å². The smallest absolute Gasteiger partial charge is 0.308 e. The van der Waals surface area contributed by atoms with Gasteiger partial charge in [0.2, 0.25) is 11.8 Å². The number of imide groups is 1. The van der Waals surface area contributed by atoms with Crippen LogP contribution in [-0.4, -0.2) is 41.7 Å². The molecule has 0 bridgehead atoms. The van der Waals surface area contributed by atoms with Gasteiger partial charge in [0, 0.05) is 12.2 Å². The Morgan fingerprint density at radius 3 is 2.44 bits per heavy atom. The number of carbonyl (C=O) groups excluding carboxylic acids is 4. The zero-order chi connectivity index (χ0) is 19.4. The van der Waals surface area contributed by atoms with Crippen molar-refractivity contribution in [3.63, 3.8) is 0 Å². The Kier molecular flexibility index (Phi) is 5.69. The van der Waals surface area contributed by atoms with E-state index in [1.165, 1.54) is 0 Å². The van der Waals surface area contributed by atoms with E-state index >= 15 is 0 Å². The third kappa shape index (κ3) is 4.42. The number of hydrogen-bond donors (Lipinski definition) is 1. The molecule has 0 aromatic heterocycles. The predicted molar refractivity (Wildman–Crippen MR) is 97.5 cm³/mol. The summed E-state index contributed by atoms with van der Waals surface area (Å²) in [5.74, 6) is -2.13. The first-order valence-electron chi connectivity index (χ1n) is 8.98. The summed E-state index contributed by atoms with van der Waals surface area (Å²) in [4.78, 5) is 49.5. The van der Waals surface area contributed by atoms with E-state index in [1.54, 1.807) is 12.1 Å². The maximum Gasteiger partial charge on any atom is 0.308 e. The van der Waals surface area contributed by atoms with Gasteiger partial charge in [0.15, 0.2) is 6.61 Å². The molecule has 0 saturated carbocycles. The molecule has 1 aromatic carbocycles. The first-order valence-corrected chi connectivity index (χ1v) is 8.98. The molecule has 0 spiro atoms. The lowest BCUT2D eigenvalue weighted by atomic mass is 9.85. The monoisotopic (exact) mass is 370 g/mol. The minimum atomic E-state index is -0.622. The third-order valence-corrected chi connectivity index (χ3v) is 4.80. The SMILES string of the molecule is Cc1cccc(NC(=O)COC(=O)CCN2C(=O)[C@H]3CC=CC[C@H]3C2=O)c1. The lowest BCUT2D eigenvalue weighted by Crippen LogP contribution is -2.33. The van der Waals surface area contributed by atoms with Crippen LogP contribution in [0.3, 0.4) is 0 Å². The molecule has 1 saturated heterocycles. The number of rotatable bonds is 6. The van der Waals surface area contributed by atoms with E-state index in [4.69, 9.17) is 4.74 Å². The van der Waals surface area contributed by atoms with Gasteiger partial charge in [0.25, 0.3) is 5.91 Å². The second-order valence-electron chi connectivity index (χ2n) is 6.81. The number of amides is 3. The molecule has 7 nitrogen and oxygen atoms in total. The van der Waals surface area contributed by atoms with Crippen LogP contribution in [0, 0.1) is 18.8 Å². The molecule has 1 aliphatic carbocycles. The number of nitrogens with one attached hydrogen (secondary N) is 1. The van der Waals surface area contributed by atoms with Gasteiger partial charge >= 0.3 is 5.97 Å². The van der Waals surface area contributed by atoms with Crippen molar-refractivity contribution in [2.45, 2.75) is 26.2 Å². The molecule has 7 heteroatoms. The fraction of sp³-hybridized carbons (Fsp3) is 0.400. The van der Waals surface area contributed by atoms with Crippen LogP contribution in [0.5, 0.6) is 0 Å². The molecule has 1 aliphatic heterocycles. The summed E-state index contributed by atoms with van der Waals surface area (Å²) in [6.45, 7) is 1.48. The Morgan fingerprint density at radius 1 is 1.15 bits per heavy atom. The molecule has 2 atom stereocenters. The molecule has 2 aliphatic rings. The van der Waals surface area contributed by atoms with Crippen molar-refractivity contribution in [2.24, 2.45) is 11.8 Å². The van der Waals surface area contributed by atoms with Crippen LogP contribution >= 0.6 is 0 Å². The summed E-state index contributed by atoms with van der Waals surface area (Å²) in [7, 11) is 0. The second-order valence-corrected chi connectivity index (χ2v) is 6.81. The van der Waals surface area contributed by atoms with Crippen LogP contribution in [0.15, 0.2) is 36.4 Å². The number of likely N-dealkylation sites (tertiary alicyclic amines) is 1. The molecule has 3 amide bonds. The average Bonchev–Trinajstić information content (AvgIpc) is 2.89. The third-order valence-electron chi connectivity index (χ3n) is 4.80. The van der Waals surface area contributed by atoms with Crippen LogP contribution in [0.2, 0.25) is 0 Å². The van der Waals surface area contributed by atoms with Gasteiger partial charge in [-0.25, -0.2) is 0 Å². The topological polar surface area (TPSA) is 92.8 Å². The van der Waals surface area contributed by atoms with E-state index in [-0.39, 0.29) is 36.6 Å². The van der Waals surface area contributed by atoms with Crippen molar-refractivity contribution in [2.75, 3.05) is 18.5 Å². The van der Waals surface area contributed by atoms with Gasteiger partial charge in [-0.15, -0.1) is 0 Å². The van der Waals surface area contributed by atoms with Crippen molar-refractivity contribution >= 4 is 29.4 Å². The predicted octanol–water partition coefficient (Wildman–Crippen LogP) is 1.82. The number of aryl methyl sites for hydroxylation is 1. The molecule has 0 radical (unpaired) electrons. The zero-order valence-corrected chi connectivity index (χ0v) is 15.1. The number of ether oxygens (including phenoxy) is 1. The molecule has 27 heavy (non-hydrogen) atoms. The maximum absolute atomic E-state index is 12.3. The summed E-state index contributed by atoms with van der Waals surface area (Å²) < 4.78 is 4.94. The van der Waals surface area contributed by atoms with Crippen molar-refractivity contribution in [3.05, 3.63) is 42.0 Å². The average molecular weight is 370 g/mol. The quantitative estimate of drug-likeness (QED) is 0.468. The molecule has 1 N–H and O–H groups in total. The number of nitrogens with zero attached hydrogens (tertiary/aromatic N) is 1. The fourth-order valence-corrected chi connectivity index (χ4v) is 3.43. The molecule has 0 unspecified atom stereocenters.